The molecule has 1 aliphatic rings. The highest BCUT2D eigenvalue weighted by Gasteiger charge is 2.23. The van der Waals surface area contributed by atoms with Gasteiger partial charge in [0.05, 0.1) is 30.6 Å². The zero-order valence-electron chi connectivity index (χ0n) is 15.6. The van der Waals surface area contributed by atoms with Crippen molar-refractivity contribution >= 4 is 0 Å². The van der Waals surface area contributed by atoms with Crippen molar-refractivity contribution in [1.82, 2.24) is 19.3 Å². The first kappa shape index (κ1) is 18.3. The SMILES string of the molecule is Cc1ccc([C@@H](O)Cc2noc(Cn3c(=O)c4c(n(C)c3=O)COC4)n2)cc1. The van der Waals surface area contributed by atoms with Gasteiger partial charge < -0.3 is 14.4 Å². The maximum absolute atomic E-state index is 12.6. The van der Waals surface area contributed by atoms with Gasteiger partial charge in [-0.25, -0.2) is 4.79 Å². The molecule has 9 heteroatoms. The summed E-state index contributed by atoms with van der Waals surface area (Å²) in [6, 6.07) is 7.52. The summed E-state index contributed by atoms with van der Waals surface area (Å²) >= 11 is 0. The van der Waals surface area contributed by atoms with Gasteiger partial charge in [-0.3, -0.25) is 13.9 Å². The molecule has 146 valence electrons. The van der Waals surface area contributed by atoms with Gasteiger partial charge in [0.2, 0.25) is 5.89 Å². The van der Waals surface area contributed by atoms with E-state index in [1.165, 1.54) is 4.57 Å². The Balaban J connectivity index is 1.55. The molecular formula is C19H20N4O5. The standard InChI is InChI=1S/C19H20N4O5/c1-11-3-5-12(6-4-11)15(24)7-16-20-17(28-21-16)8-23-18(25)13-9-27-10-14(13)22(2)19(23)26/h3-6,15,24H,7-10H2,1-2H3/t15-/m0/s1. The van der Waals surface area contributed by atoms with Crippen molar-refractivity contribution in [2.75, 3.05) is 0 Å². The molecule has 0 radical (unpaired) electrons. The molecule has 28 heavy (non-hydrogen) atoms. The molecule has 9 nitrogen and oxygen atoms in total. The van der Waals surface area contributed by atoms with Crippen molar-refractivity contribution in [1.29, 1.82) is 0 Å². The van der Waals surface area contributed by atoms with E-state index < -0.39 is 17.4 Å². The van der Waals surface area contributed by atoms with Crippen LogP contribution in [0.3, 0.4) is 0 Å². The number of rotatable bonds is 5. The molecule has 0 fully saturated rings. The van der Waals surface area contributed by atoms with Crippen molar-refractivity contribution < 1.29 is 14.4 Å². The van der Waals surface area contributed by atoms with Crippen molar-refractivity contribution in [3.05, 3.63) is 79.2 Å². The first-order valence-electron chi connectivity index (χ1n) is 8.89. The zero-order chi connectivity index (χ0) is 19.8. The number of aliphatic hydroxyl groups excluding tert-OH is 1. The highest BCUT2D eigenvalue weighted by molar-refractivity contribution is 5.23. The molecule has 0 unspecified atom stereocenters. The molecule has 3 aromatic rings. The molecule has 1 aromatic carbocycles. The van der Waals surface area contributed by atoms with E-state index >= 15 is 0 Å². The quantitative estimate of drug-likeness (QED) is 0.685. The smallest absolute Gasteiger partial charge is 0.331 e. The number of fused-ring (bicyclic) bond motifs is 1. The minimum Gasteiger partial charge on any atom is -0.388 e. The highest BCUT2D eigenvalue weighted by atomic mass is 16.5. The predicted molar refractivity (Wildman–Crippen MR) is 97.7 cm³/mol. The third kappa shape index (κ3) is 3.30. The van der Waals surface area contributed by atoms with Crippen LogP contribution in [0.2, 0.25) is 0 Å². The van der Waals surface area contributed by atoms with Gasteiger partial charge in [-0.1, -0.05) is 35.0 Å². The molecule has 3 heterocycles. The lowest BCUT2D eigenvalue weighted by atomic mass is 10.0. The number of aromatic nitrogens is 4. The van der Waals surface area contributed by atoms with Gasteiger partial charge in [0.1, 0.15) is 6.54 Å². The first-order valence-corrected chi connectivity index (χ1v) is 8.89. The van der Waals surface area contributed by atoms with Crippen molar-refractivity contribution in [2.24, 2.45) is 7.05 Å². The van der Waals surface area contributed by atoms with E-state index in [2.05, 4.69) is 10.1 Å². The largest absolute Gasteiger partial charge is 0.388 e. The summed E-state index contributed by atoms with van der Waals surface area (Å²) in [6.45, 7) is 2.27. The second-order valence-corrected chi connectivity index (χ2v) is 6.89. The van der Waals surface area contributed by atoms with Crippen LogP contribution in [0, 0.1) is 6.92 Å². The molecule has 1 aliphatic heterocycles. The van der Waals surface area contributed by atoms with Crippen LogP contribution in [-0.2, 0) is 38.0 Å². The van der Waals surface area contributed by atoms with E-state index in [-0.39, 0.29) is 32.1 Å². The lowest BCUT2D eigenvalue weighted by Gasteiger charge is -2.09. The summed E-state index contributed by atoms with van der Waals surface area (Å²) in [6.07, 6.45) is -0.615. The van der Waals surface area contributed by atoms with Gasteiger partial charge in [-0.2, -0.15) is 4.98 Å². The lowest BCUT2D eigenvalue weighted by Crippen LogP contribution is -2.42. The number of aliphatic hydroxyl groups is 1. The van der Waals surface area contributed by atoms with Gasteiger partial charge >= 0.3 is 5.69 Å². The minimum absolute atomic E-state index is 0.129. The van der Waals surface area contributed by atoms with Crippen LogP contribution in [-0.4, -0.2) is 24.4 Å². The summed E-state index contributed by atoms with van der Waals surface area (Å²) in [5.74, 6) is 0.432. The van der Waals surface area contributed by atoms with E-state index in [1.807, 2.05) is 31.2 Å². The normalized spacial score (nSPS) is 14.2. The van der Waals surface area contributed by atoms with E-state index in [0.29, 0.717) is 17.1 Å². The number of aryl methyl sites for hydroxylation is 1. The van der Waals surface area contributed by atoms with E-state index in [1.54, 1.807) is 7.05 Å². The Hall–Kier alpha value is -3.04. The van der Waals surface area contributed by atoms with E-state index in [9.17, 15) is 14.7 Å². The highest BCUT2D eigenvalue weighted by Crippen LogP contribution is 2.18. The maximum Gasteiger partial charge on any atom is 0.331 e. The van der Waals surface area contributed by atoms with Crippen LogP contribution in [0.4, 0.5) is 0 Å². The number of benzene rings is 1. The average Bonchev–Trinajstić information content (AvgIpc) is 3.34. The molecule has 0 saturated carbocycles. The Labute approximate surface area is 159 Å². The molecule has 1 N–H and O–H groups in total. The Morgan fingerprint density at radius 3 is 2.71 bits per heavy atom. The van der Waals surface area contributed by atoms with Gasteiger partial charge in [0.15, 0.2) is 5.82 Å². The summed E-state index contributed by atoms with van der Waals surface area (Å²) < 4.78 is 12.9. The van der Waals surface area contributed by atoms with Crippen molar-refractivity contribution in [2.45, 2.75) is 39.2 Å². The van der Waals surface area contributed by atoms with Gasteiger partial charge in [-0.15, -0.1) is 0 Å². The molecule has 0 amide bonds. The topological polar surface area (TPSA) is 112 Å². The fraction of sp³-hybridized carbons (Fsp3) is 0.368. The molecule has 0 saturated heterocycles. The molecule has 1 atom stereocenters. The Morgan fingerprint density at radius 1 is 1.21 bits per heavy atom. The fourth-order valence-corrected chi connectivity index (χ4v) is 3.24. The molecule has 0 spiro atoms. The van der Waals surface area contributed by atoms with Crippen molar-refractivity contribution in [3.8, 4) is 0 Å². The van der Waals surface area contributed by atoms with E-state index in [4.69, 9.17) is 9.26 Å². The zero-order valence-corrected chi connectivity index (χ0v) is 15.6. The number of hydrogen-bond acceptors (Lipinski definition) is 7. The van der Waals surface area contributed by atoms with Gasteiger partial charge in [0.25, 0.3) is 5.56 Å². The Kier molecular flexibility index (Phi) is 4.70. The van der Waals surface area contributed by atoms with Crippen LogP contribution in [0.15, 0.2) is 38.4 Å². The predicted octanol–water partition coefficient (Wildman–Crippen LogP) is 0.593. The molecule has 2 aromatic heterocycles. The third-order valence-corrected chi connectivity index (χ3v) is 4.90. The van der Waals surface area contributed by atoms with E-state index in [0.717, 1.165) is 15.7 Å². The average molecular weight is 384 g/mol. The van der Waals surface area contributed by atoms with Crippen LogP contribution in [0.1, 0.15) is 40.2 Å². The molecular weight excluding hydrogens is 364 g/mol. The van der Waals surface area contributed by atoms with Crippen LogP contribution in [0.25, 0.3) is 0 Å². The summed E-state index contributed by atoms with van der Waals surface area (Å²) in [7, 11) is 1.60. The Bertz CT molecular complexity index is 1130. The molecule has 4 rings (SSSR count). The van der Waals surface area contributed by atoms with Gasteiger partial charge in [0, 0.05) is 13.5 Å². The monoisotopic (exact) mass is 384 g/mol. The first-order chi connectivity index (χ1) is 13.4. The number of hydrogen-bond donors (Lipinski definition) is 1. The molecule has 0 bridgehead atoms. The summed E-state index contributed by atoms with van der Waals surface area (Å²) in [5, 5.41) is 14.2. The summed E-state index contributed by atoms with van der Waals surface area (Å²) in [5.41, 5.74) is 2.05. The van der Waals surface area contributed by atoms with Crippen LogP contribution < -0.4 is 11.2 Å². The van der Waals surface area contributed by atoms with Gasteiger partial charge in [-0.05, 0) is 12.5 Å². The lowest BCUT2D eigenvalue weighted by molar-refractivity contribution is 0.131. The Morgan fingerprint density at radius 2 is 1.96 bits per heavy atom. The summed E-state index contributed by atoms with van der Waals surface area (Å²) in [4.78, 5) is 29.3. The van der Waals surface area contributed by atoms with Crippen LogP contribution >= 0.6 is 0 Å². The minimum atomic E-state index is -0.779. The van der Waals surface area contributed by atoms with Crippen molar-refractivity contribution in [3.63, 3.8) is 0 Å². The third-order valence-electron chi connectivity index (χ3n) is 4.90. The fourth-order valence-electron chi connectivity index (χ4n) is 3.24. The van der Waals surface area contributed by atoms with Crippen LogP contribution in [0.5, 0.6) is 0 Å². The number of ether oxygens (including phenoxy) is 1. The second-order valence-electron chi connectivity index (χ2n) is 6.89. The second kappa shape index (κ2) is 7.17. The number of nitrogens with zero attached hydrogens (tertiary/aromatic N) is 4. The maximum atomic E-state index is 12.6. The molecule has 0 aliphatic carbocycles.